The number of fused-ring (bicyclic) bond motifs is 1. The summed E-state index contributed by atoms with van der Waals surface area (Å²) >= 11 is 1.43. The van der Waals surface area contributed by atoms with Gasteiger partial charge in [-0.3, -0.25) is 14.4 Å². The fourth-order valence-corrected chi connectivity index (χ4v) is 4.59. The van der Waals surface area contributed by atoms with Gasteiger partial charge in [-0.25, -0.2) is 0 Å². The highest BCUT2D eigenvalue weighted by Gasteiger charge is 2.44. The Labute approximate surface area is 183 Å². The van der Waals surface area contributed by atoms with Crippen molar-refractivity contribution in [3.63, 3.8) is 0 Å². The van der Waals surface area contributed by atoms with E-state index in [1.807, 2.05) is 17.5 Å². The first-order valence-electron chi connectivity index (χ1n) is 10.2. The van der Waals surface area contributed by atoms with Gasteiger partial charge in [0.1, 0.15) is 0 Å². The normalized spacial score (nSPS) is 16.7. The van der Waals surface area contributed by atoms with Crippen molar-refractivity contribution in [3.8, 4) is 11.5 Å². The van der Waals surface area contributed by atoms with Crippen LogP contribution in [0.15, 0.2) is 35.7 Å². The molecule has 0 saturated heterocycles. The second-order valence-electron chi connectivity index (χ2n) is 7.66. The molecule has 2 aliphatic rings. The predicted molar refractivity (Wildman–Crippen MR) is 114 cm³/mol. The summed E-state index contributed by atoms with van der Waals surface area (Å²) in [4.78, 5) is 36.7. The minimum absolute atomic E-state index is 0.0561. The van der Waals surface area contributed by atoms with Crippen LogP contribution in [0.1, 0.15) is 49.9 Å². The number of anilines is 1. The third-order valence-corrected chi connectivity index (χ3v) is 6.17. The van der Waals surface area contributed by atoms with Crippen LogP contribution in [0.3, 0.4) is 0 Å². The molecule has 2 heterocycles. The summed E-state index contributed by atoms with van der Waals surface area (Å²) < 4.78 is 17.1. The molecule has 0 radical (unpaired) electrons. The summed E-state index contributed by atoms with van der Waals surface area (Å²) in [6.45, 7) is 0.966. The van der Waals surface area contributed by atoms with Crippen LogP contribution in [0.2, 0.25) is 0 Å². The molecule has 31 heavy (non-hydrogen) atoms. The summed E-state index contributed by atoms with van der Waals surface area (Å²) in [5.74, 6) is -0.569. The molecular formula is C22H24N2O6S. The molecule has 9 heteroatoms. The van der Waals surface area contributed by atoms with Gasteiger partial charge in [-0.1, -0.05) is 6.07 Å². The lowest BCUT2D eigenvalue weighted by molar-refractivity contribution is -0.147. The Morgan fingerprint density at radius 1 is 1.16 bits per heavy atom. The molecule has 1 fully saturated rings. The summed E-state index contributed by atoms with van der Waals surface area (Å²) in [5.41, 5.74) is 0.535. The smallest absolute Gasteiger partial charge is 0.308 e. The number of carbonyl (C=O) groups is 3. The molecule has 1 atom stereocenters. The minimum Gasteiger partial charge on any atom is -0.455 e. The van der Waals surface area contributed by atoms with Crippen molar-refractivity contribution >= 4 is 34.8 Å². The van der Waals surface area contributed by atoms with Crippen molar-refractivity contribution in [2.75, 3.05) is 11.9 Å². The Morgan fingerprint density at radius 2 is 1.94 bits per heavy atom. The highest BCUT2D eigenvalue weighted by molar-refractivity contribution is 7.10. The predicted octanol–water partition coefficient (Wildman–Crippen LogP) is 3.54. The van der Waals surface area contributed by atoms with E-state index in [-0.39, 0.29) is 12.3 Å². The van der Waals surface area contributed by atoms with E-state index >= 15 is 0 Å². The van der Waals surface area contributed by atoms with E-state index in [0.29, 0.717) is 17.2 Å². The first kappa shape index (κ1) is 21.2. The number of thiophene rings is 1. The number of amides is 2. The molecule has 1 spiro atoms. The van der Waals surface area contributed by atoms with E-state index in [9.17, 15) is 14.4 Å². The van der Waals surface area contributed by atoms with Crippen LogP contribution < -0.4 is 20.1 Å². The monoisotopic (exact) mass is 444 g/mol. The van der Waals surface area contributed by atoms with E-state index in [1.54, 1.807) is 18.2 Å². The zero-order valence-electron chi connectivity index (χ0n) is 17.1. The lowest BCUT2D eigenvalue weighted by Gasteiger charge is -2.21. The van der Waals surface area contributed by atoms with Gasteiger partial charge >= 0.3 is 5.97 Å². The molecule has 2 amide bonds. The molecule has 1 aromatic heterocycles. The fraction of sp³-hybridized carbons (Fsp3) is 0.409. The maximum atomic E-state index is 12.2. The largest absolute Gasteiger partial charge is 0.455 e. The van der Waals surface area contributed by atoms with E-state index in [4.69, 9.17) is 14.2 Å². The molecule has 1 aromatic carbocycles. The van der Waals surface area contributed by atoms with E-state index in [0.717, 1.165) is 30.6 Å². The summed E-state index contributed by atoms with van der Waals surface area (Å²) in [6.07, 6.45) is 3.78. The van der Waals surface area contributed by atoms with Gasteiger partial charge in [0, 0.05) is 36.4 Å². The summed E-state index contributed by atoms with van der Waals surface area (Å²) in [6, 6.07) is 8.40. The maximum Gasteiger partial charge on any atom is 0.308 e. The van der Waals surface area contributed by atoms with Gasteiger partial charge < -0.3 is 24.8 Å². The Kier molecular flexibility index (Phi) is 6.13. The average Bonchev–Trinajstić information content (AvgIpc) is 3.46. The van der Waals surface area contributed by atoms with Gasteiger partial charge in [0.15, 0.2) is 18.1 Å². The van der Waals surface area contributed by atoms with Crippen LogP contribution in [0, 0.1) is 0 Å². The zero-order chi connectivity index (χ0) is 21.8. The highest BCUT2D eigenvalue weighted by Crippen LogP contribution is 2.47. The quantitative estimate of drug-likeness (QED) is 0.634. The molecule has 2 aromatic rings. The number of rotatable bonds is 7. The van der Waals surface area contributed by atoms with E-state index < -0.39 is 30.3 Å². The second kappa shape index (κ2) is 8.97. The number of ether oxygens (including phenoxy) is 3. The standard InChI is InChI=1S/C22H24N2O6S/c1-14(25)23-16(19-5-4-10-31-19)12-21(27)28-13-20(26)24-15-6-7-17-18(11-15)30-22(29-17)8-2-3-9-22/h4-7,10-11,16H,2-3,8-9,12-13H2,1H3,(H,23,25)(H,24,26). The lowest BCUT2D eigenvalue weighted by atomic mass is 10.1. The Morgan fingerprint density at radius 3 is 2.65 bits per heavy atom. The van der Waals surface area contributed by atoms with Crippen molar-refractivity contribution in [3.05, 3.63) is 40.6 Å². The first-order valence-corrected chi connectivity index (χ1v) is 11.1. The first-order chi connectivity index (χ1) is 14.9. The average molecular weight is 445 g/mol. The molecule has 164 valence electrons. The van der Waals surface area contributed by atoms with Gasteiger partial charge in [0.25, 0.3) is 11.7 Å². The Hall–Kier alpha value is -3.07. The number of carbonyl (C=O) groups excluding carboxylic acids is 3. The molecule has 8 nitrogen and oxygen atoms in total. The number of hydrogen-bond acceptors (Lipinski definition) is 7. The molecule has 0 bridgehead atoms. The van der Waals surface area contributed by atoms with Crippen LogP contribution in [0.25, 0.3) is 0 Å². The summed E-state index contributed by atoms with van der Waals surface area (Å²) in [5, 5.41) is 7.29. The van der Waals surface area contributed by atoms with Crippen LogP contribution in [-0.4, -0.2) is 30.2 Å². The van der Waals surface area contributed by atoms with Crippen LogP contribution in [0.5, 0.6) is 11.5 Å². The molecule has 2 N–H and O–H groups in total. The Bertz CT molecular complexity index is 968. The Balaban J connectivity index is 1.28. The molecule has 1 unspecified atom stereocenters. The summed E-state index contributed by atoms with van der Waals surface area (Å²) in [7, 11) is 0. The van der Waals surface area contributed by atoms with E-state index in [1.165, 1.54) is 18.3 Å². The van der Waals surface area contributed by atoms with Crippen molar-refractivity contribution in [1.29, 1.82) is 0 Å². The third kappa shape index (κ3) is 5.16. The number of esters is 1. The maximum absolute atomic E-state index is 12.2. The number of nitrogens with one attached hydrogen (secondary N) is 2. The van der Waals surface area contributed by atoms with Crippen LogP contribution in [-0.2, 0) is 19.1 Å². The van der Waals surface area contributed by atoms with Crippen molar-refractivity contribution in [2.24, 2.45) is 0 Å². The molecular weight excluding hydrogens is 420 g/mol. The molecule has 4 rings (SSSR count). The van der Waals surface area contributed by atoms with Gasteiger partial charge in [-0.2, -0.15) is 0 Å². The van der Waals surface area contributed by atoms with Gasteiger partial charge in [-0.15, -0.1) is 11.3 Å². The van der Waals surface area contributed by atoms with Gasteiger partial charge in [0.2, 0.25) is 5.91 Å². The number of hydrogen-bond donors (Lipinski definition) is 2. The van der Waals surface area contributed by atoms with Gasteiger partial charge in [0.05, 0.1) is 12.5 Å². The molecule has 1 aliphatic heterocycles. The fourth-order valence-electron chi connectivity index (χ4n) is 3.82. The zero-order valence-corrected chi connectivity index (χ0v) is 18.0. The van der Waals surface area contributed by atoms with Crippen LogP contribution >= 0.6 is 11.3 Å². The lowest BCUT2D eigenvalue weighted by Crippen LogP contribution is -2.34. The minimum atomic E-state index is -0.573. The second-order valence-corrected chi connectivity index (χ2v) is 8.64. The number of benzene rings is 1. The van der Waals surface area contributed by atoms with Crippen molar-refractivity contribution < 1.29 is 28.6 Å². The van der Waals surface area contributed by atoms with Crippen LogP contribution in [0.4, 0.5) is 5.69 Å². The molecule has 1 saturated carbocycles. The van der Waals surface area contributed by atoms with Crippen molar-refractivity contribution in [1.82, 2.24) is 5.32 Å². The van der Waals surface area contributed by atoms with Gasteiger partial charge in [-0.05, 0) is 36.4 Å². The third-order valence-electron chi connectivity index (χ3n) is 5.18. The highest BCUT2D eigenvalue weighted by atomic mass is 32.1. The van der Waals surface area contributed by atoms with Crippen molar-refractivity contribution in [2.45, 2.75) is 50.9 Å². The van der Waals surface area contributed by atoms with E-state index in [2.05, 4.69) is 10.6 Å². The SMILES string of the molecule is CC(=O)NC(CC(=O)OCC(=O)Nc1ccc2c(c1)OC1(CCCC1)O2)c1cccs1. The topological polar surface area (TPSA) is 103 Å². The molecule has 1 aliphatic carbocycles.